The van der Waals surface area contributed by atoms with Gasteiger partial charge in [-0.15, -0.1) is 0 Å². The van der Waals surface area contributed by atoms with Crippen molar-refractivity contribution in [3.05, 3.63) is 45.0 Å². The van der Waals surface area contributed by atoms with Crippen molar-refractivity contribution in [1.29, 1.82) is 0 Å². The van der Waals surface area contributed by atoms with E-state index in [1.54, 1.807) is 17.2 Å². The Balaban J connectivity index is 1.91. The molecule has 7 heteroatoms. The predicted octanol–water partition coefficient (Wildman–Crippen LogP) is 3.77. The Kier molecular flexibility index (Phi) is 3.99. The van der Waals surface area contributed by atoms with Crippen molar-refractivity contribution in [2.24, 2.45) is 0 Å². The number of amides is 1. The van der Waals surface area contributed by atoms with Gasteiger partial charge in [-0.3, -0.25) is 4.79 Å². The molecule has 1 fully saturated rings. The van der Waals surface area contributed by atoms with Crippen LogP contribution in [0.5, 0.6) is 0 Å². The number of rotatable bonds is 2. The largest absolute Gasteiger partial charge is 0.359 e. The van der Waals surface area contributed by atoms with Crippen LogP contribution in [-0.2, 0) is 0 Å². The lowest BCUT2D eigenvalue weighted by Crippen LogP contribution is -2.30. The molecule has 2 aromatic heterocycles. The molecule has 1 amide bonds. The predicted molar refractivity (Wildman–Crippen MR) is 81.2 cm³/mol. The Labute approximate surface area is 135 Å². The number of aryl methyl sites for hydroxylation is 1. The third-order valence-electron chi connectivity index (χ3n) is 3.52. The lowest BCUT2D eigenvalue weighted by atomic mass is 10.1. The monoisotopic (exact) mass is 369 g/mol. The first-order valence-corrected chi connectivity index (χ1v) is 7.78. The Morgan fingerprint density at radius 3 is 3.05 bits per heavy atom. The molecule has 0 radical (unpaired) electrons. The molecule has 1 unspecified atom stereocenters. The van der Waals surface area contributed by atoms with Crippen LogP contribution in [0.15, 0.2) is 27.3 Å². The summed E-state index contributed by atoms with van der Waals surface area (Å²) >= 11 is 9.37. The molecule has 0 saturated carbocycles. The summed E-state index contributed by atoms with van der Waals surface area (Å²) in [5.41, 5.74) is 1.21. The van der Waals surface area contributed by atoms with E-state index < -0.39 is 0 Å². The summed E-state index contributed by atoms with van der Waals surface area (Å²) in [6.45, 7) is 2.54. The fraction of sp³-hybridized carbons (Fsp3) is 0.357. The van der Waals surface area contributed by atoms with Crippen LogP contribution >= 0.6 is 27.5 Å². The van der Waals surface area contributed by atoms with Gasteiger partial charge in [0, 0.05) is 23.3 Å². The fourth-order valence-corrected chi connectivity index (χ4v) is 3.09. The summed E-state index contributed by atoms with van der Waals surface area (Å²) in [7, 11) is 0. The van der Waals surface area contributed by atoms with E-state index in [9.17, 15) is 4.79 Å². The SMILES string of the molecule is Cc1cc(C2CCCN2C(=O)c2cc(Br)cnc2Cl)on1. The van der Waals surface area contributed by atoms with E-state index in [1.807, 2.05) is 13.0 Å². The molecule has 1 aliphatic rings. The van der Waals surface area contributed by atoms with Gasteiger partial charge in [0.2, 0.25) is 0 Å². The van der Waals surface area contributed by atoms with Gasteiger partial charge in [0.15, 0.2) is 5.76 Å². The van der Waals surface area contributed by atoms with Gasteiger partial charge in [-0.05, 0) is 41.8 Å². The molecule has 1 saturated heterocycles. The normalized spacial score (nSPS) is 18.2. The third-order valence-corrected chi connectivity index (χ3v) is 4.26. The van der Waals surface area contributed by atoms with Crippen molar-refractivity contribution in [3.63, 3.8) is 0 Å². The molecule has 110 valence electrons. The maximum absolute atomic E-state index is 12.7. The summed E-state index contributed by atoms with van der Waals surface area (Å²) in [4.78, 5) is 18.5. The molecular formula is C14H13BrClN3O2. The minimum Gasteiger partial charge on any atom is -0.359 e. The van der Waals surface area contributed by atoms with Gasteiger partial charge < -0.3 is 9.42 Å². The van der Waals surface area contributed by atoms with Crippen molar-refractivity contribution in [2.45, 2.75) is 25.8 Å². The van der Waals surface area contributed by atoms with Crippen molar-refractivity contribution in [2.75, 3.05) is 6.54 Å². The highest BCUT2D eigenvalue weighted by Crippen LogP contribution is 2.34. The Hall–Kier alpha value is -1.40. The van der Waals surface area contributed by atoms with Gasteiger partial charge in [0.25, 0.3) is 5.91 Å². The zero-order valence-corrected chi connectivity index (χ0v) is 13.7. The van der Waals surface area contributed by atoms with Crippen LogP contribution in [0.4, 0.5) is 0 Å². The second kappa shape index (κ2) is 5.77. The highest BCUT2D eigenvalue weighted by Gasteiger charge is 2.34. The Morgan fingerprint density at radius 1 is 1.52 bits per heavy atom. The number of pyridine rings is 1. The van der Waals surface area contributed by atoms with Gasteiger partial charge >= 0.3 is 0 Å². The average molecular weight is 371 g/mol. The van der Waals surface area contributed by atoms with E-state index in [1.165, 1.54) is 0 Å². The van der Waals surface area contributed by atoms with Crippen LogP contribution in [0.25, 0.3) is 0 Å². The van der Waals surface area contributed by atoms with Crippen molar-refractivity contribution in [1.82, 2.24) is 15.0 Å². The molecule has 1 aliphatic heterocycles. The zero-order chi connectivity index (χ0) is 15.0. The van der Waals surface area contributed by atoms with E-state index in [-0.39, 0.29) is 17.1 Å². The number of hydrogen-bond acceptors (Lipinski definition) is 4. The van der Waals surface area contributed by atoms with Crippen LogP contribution in [-0.4, -0.2) is 27.5 Å². The Morgan fingerprint density at radius 2 is 2.33 bits per heavy atom. The number of halogens is 2. The topological polar surface area (TPSA) is 59.2 Å². The standard InChI is InChI=1S/C14H13BrClN3O2/c1-8-5-12(21-18-8)11-3-2-4-19(11)14(20)10-6-9(15)7-17-13(10)16/h5-7,11H,2-4H2,1H3. The number of aromatic nitrogens is 2. The number of nitrogens with zero attached hydrogens (tertiary/aromatic N) is 3. The summed E-state index contributed by atoms with van der Waals surface area (Å²) < 4.78 is 6.04. The molecule has 2 aromatic rings. The first-order valence-electron chi connectivity index (χ1n) is 6.61. The van der Waals surface area contributed by atoms with Crippen LogP contribution in [0.2, 0.25) is 5.15 Å². The van der Waals surface area contributed by atoms with E-state index in [0.717, 1.165) is 28.8 Å². The highest BCUT2D eigenvalue weighted by molar-refractivity contribution is 9.10. The van der Waals surface area contributed by atoms with Crippen LogP contribution in [0.1, 0.15) is 40.7 Å². The zero-order valence-electron chi connectivity index (χ0n) is 11.3. The number of hydrogen-bond donors (Lipinski definition) is 0. The molecule has 0 spiro atoms. The van der Waals surface area contributed by atoms with Gasteiger partial charge in [-0.25, -0.2) is 4.98 Å². The molecule has 0 aromatic carbocycles. The lowest BCUT2D eigenvalue weighted by Gasteiger charge is -2.23. The summed E-state index contributed by atoms with van der Waals surface area (Å²) in [5.74, 6) is 0.586. The third kappa shape index (κ3) is 2.82. The molecule has 5 nitrogen and oxygen atoms in total. The van der Waals surface area contributed by atoms with Crippen molar-refractivity contribution >= 4 is 33.4 Å². The molecule has 21 heavy (non-hydrogen) atoms. The van der Waals surface area contributed by atoms with E-state index in [0.29, 0.717) is 12.1 Å². The maximum Gasteiger partial charge on any atom is 0.257 e. The molecule has 3 rings (SSSR count). The van der Waals surface area contributed by atoms with Gasteiger partial charge in [-0.1, -0.05) is 16.8 Å². The van der Waals surface area contributed by atoms with Crippen LogP contribution < -0.4 is 0 Å². The van der Waals surface area contributed by atoms with E-state index >= 15 is 0 Å². The lowest BCUT2D eigenvalue weighted by molar-refractivity contribution is 0.0714. The Bertz CT molecular complexity index is 689. The van der Waals surface area contributed by atoms with Gasteiger partial charge in [0.05, 0.1) is 17.3 Å². The summed E-state index contributed by atoms with van der Waals surface area (Å²) in [5, 5.41) is 4.11. The maximum atomic E-state index is 12.7. The molecule has 0 N–H and O–H groups in total. The highest BCUT2D eigenvalue weighted by atomic mass is 79.9. The van der Waals surface area contributed by atoms with Crippen LogP contribution in [0.3, 0.4) is 0 Å². The number of likely N-dealkylation sites (tertiary alicyclic amines) is 1. The van der Waals surface area contributed by atoms with Gasteiger partial charge in [-0.2, -0.15) is 0 Å². The first kappa shape index (κ1) is 14.5. The fourth-order valence-electron chi connectivity index (χ4n) is 2.57. The summed E-state index contributed by atoms with van der Waals surface area (Å²) in [6, 6.07) is 3.48. The minimum atomic E-state index is -0.134. The molecule has 1 atom stereocenters. The average Bonchev–Trinajstić information content (AvgIpc) is 3.09. The van der Waals surface area contributed by atoms with Gasteiger partial charge in [0.1, 0.15) is 5.15 Å². The smallest absolute Gasteiger partial charge is 0.257 e. The number of carbonyl (C=O) groups excluding carboxylic acids is 1. The molecule has 3 heterocycles. The number of carbonyl (C=O) groups is 1. The van der Waals surface area contributed by atoms with Crippen molar-refractivity contribution in [3.8, 4) is 0 Å². The molecular weight excluding hydrogens is 358 g/mol. The summed E-state index contributed by atoms with van der Waals surface area (Å²) in [6.07, 6.45) is 3.36. The molecule has 0 aliphatic carbocycles. The second-order valence-corrected chi connectivity index (χ2v) is 6.29. The van der Waals surface area contributed by atoms with Crippen LogP contribution in [0, 0.1) is 6.92 Å². The minimum absolute atomic E-state index is 0.0891. The second-order valence-electron chi connectivity index (χ2n) is 5.02. The molecule has 0 bridgehead atoms. The quantitative estimate of drug-likeness (QED) is 0.755. The first-order chi connectivity index (χ1) is 10.1. The van der Waals surface area contributed by atoms with E-state index in [2.05, 4.69) is 26.1 Å². The van der Waals surface area contributed by atoms with Crippen molar-refractivity contribution < 1.29 is 9.32 Å². The van der Waals surface area contributed by atoms with E-state index in [4.69, 9.17) is 16.1 Å².